The first-order valence-corrected chi connectivity index (χ1v) is 11.0. The molecule has 2 aromatic rings. The van der Waals surface area contributed by atoms with Gasteiger partial charge in [0.05, 0.1) is 23.1 Å². The third kappa shape index (κ3) is 5.70. The van der Waals surface area contributed by atoms with Crippen LogP contribution in [-0.4, -0.2) is 51.5 Å². The summed E-state index contributed by atoms with van der Waals surface area (Å²) in [4.78, 5) is 12.1. The quantitative estimate of drug-likeness (QED) is 0.717. The number of aryl methyl sites for hydroxylation is 1. The molecule has 7 nitrogen and oxygen atoms in total. The van der Waals surface area contributed by atoms with Crippen LogP contribution in [-0.2, 0) is 26.1 Å². The summed E-state index contributed by atoms with van der Waals surface area (Å²) < 4.78 is 37.3. The molecule has 0 aliphatic carbocycles. The second kappa shape index (κ2) is 9.58. The van der Waals surface area contributed by atoms with Gasteiger partial charge in [-0.15, -0.1) is 0 Å². The standard InChI is InChI=1S/C20H23ClN2O5S/c1-15-3-2-4-16(11-15)13-22-20(24)14-28-19-6-5-17(12-18(19)21)29(25,26)23-7-9-27-10-8-23/h2-6,11-12H,7-10,13-14H2,1H3,(H,22,24). The average molecular weight is 439 g/mol. The summed E-state index contributed by atoms with van der Waals surface area (Å²) in [6.07, 6.45) is 0. The maximum atomic E-state index is 12.7. The number of benzene rings is 2. The van der Waals surface area contributed by atoms with Crippen molar-refractivity contribution in [3.8, 4) is 5.75 Å². The molecule has 1 N–H and O–H groups in total. The van der Waals surface area contributed by atoms with Crippen LogP contribution < -0.4 is 10.1 Å². The molecule has 1 heterocycles. The van der Waals surface area contributed by atoms with E-state index in [1.807, 2.05) is 31.2 Å². The number of ether oxygens (including phenoxy) is 2. The molecule has 1 aliphatic rings. The van der Waals surface area contributed by atoms with E-state index < -0.39 is 10.0 Å². The molecule has 29 heavy (non-hydrogen) atoms. The Hall–Kier alpha value is -2.13. The van der Waals surface area contributed by atoms with Crippen molar-refractivity contribution in [2.75, 3.05) is 32.9 Å². The third-order valence-corrected chi connectivity index (χ3v) is 6.63. The molecule has 1 aliphatic heterocycles. The first-order valence-electron chi connectivity index (χ1n) is 9.19. The maximum Gasteiger partial charge on any atom is 0.258 e. The number of sulfonamides is 1. The van der Waals surface area contributed by atoms with E-state index in [9.17, 15) is 13.2 Å². The fourth-order valence-corrected chi connectivity index (χ4v) is 4.65. The minimum absolute atomic E-state index is 0.0839. The van der Waals surface area contributed by atoms with Crippen LogP contribution in [0.15, 0.2) is 47.4 Å². The van der Waals surface area contributed by atoms with Crippen molar-refractivity contribution in [3.05, 3.63) is 58.6 Å². The Balaban J connectivity index is 1.57. The lowest BCUT2D eigenvalue weighted by Gasteiger charge is -2.26. The van der Waals surface area contributed by atoms with Crippen LogP contribution in [0.4, 0.5) is 0 Å². The molecule has 156 valence electrons. The average Bonchev–Trinajstić information content (AvgIpc) is 2.72. The summed E-state index contributed by atoms with van der Waals surface area (Å²) in [5.41, 5.74) is 2.11. The predicted molar refractivity (Wildman–Crippen MR) is 110 cm³/mol. The highest BCUT2D eigenvalue weighted by Gasteiger charge is 2.27. The third-order valence-electron chi connectivity index (χ3n) is 4.44. The van der Waals surface area contributed by atoms with Crippen molar-refractivity contribution in [1.29, 1.82) is 0 Å². The molecule has 0 radical (unpaired) electrons. The monoisotopic (exact) mass is 438 g/mol. The van der Waals surface area contributed by atoms with Crippen molar-refractivity contribution in [2.45, 2.75) is 18.4 Å². The van der Waals surface area contributed by atoms with E-state index in [0.29, 0.717) is 32.8 Å². The second-order valence-electron chi connectivity index (χ2n) is 6.66. The summed E-state index contributed by atoms with van der Waals surface area (Å²) in [6.45, 7) is 3.51. The molecule has 1 fully saturated rings. The van der Waals surface area contributed by atoms with Crippen LogP contribution in [0.5, 0.6) is 5.75 Å². The molecule has 2 aromatic carbocycles. The van der Waals surface area contributed by atoms with Gasteiger partial charge < -0.3 is 14.8 Å². The minimum Gasteiger partial charge on any atom is -0.482 e. The summed E-state index contributed by atoms with van der Waals surface area (Å²) in [5.74, 6) is -0.0501. The van der Waals surface area contributed by atoms with E-state index in [1.165, 1.54) is 22.5 Å². The van der Waals surface area contributed by atoms with Crippen LogP contribution in [0, 0.1) is 6.92 Å². The van der Waals surface area contributed by atoms with Crippen molar-refractivity contribution < 1.29 is 22.7 Å². The molecule has 1 saturated heterocycles. The van der Waals surface area contributed by atoms with Crippen molar-refractivity contribution in [1.82, 2.24) is 9.62 Å². The molecule has 0 spiro atoms. The van der Waals surface area contributed by atoms with Crippen LogP contribution >= 0.6 is 11.6 Å². The van der Waals surface area contributed by atoms with Gasteiger partial charge in [-0.2, -0.15) is 4.31 Å². The molecule has 0 aromatic heterocycles. The molecule has 0 saturated carbocycles. The number of amides is 1. The Morgan fingerprint density at radius 2 is 1.97 bits per heavy atom. The van der Waals surface area contributed by atoms with Crippen LogP contribution in [0.2, 0.25) is 5.02 Å². The predicted octanol–water partition coefficient (Wildman–Crippen LogP) is 2.36. The topological polar surface area (TPSA) is 84.9 Å². The van der Waals surface area contributed by atoms with Crippen molar-refractivity contribution in [2.24, 2.45) is 0 Å². The number of hydrogen-bond donors (Lipinski definition) is 1. The van der Waals surface area contributed by atoms with Gasteiger partial charge in [0, 0.05) is 19.6 Å². The number of nitrogens with zero attached hydrogens (tertiary/aromatic N) is 1. The lowest BCUT2D eigenvalue weighted by atomic mass is 10.1. The Kier molecular flexibility index (Phi) is 7.13. The second-order valence-corrected chi connectivity index (χ2v) is 9.01. The Morgan fingerprint density at radius 1 is 1.21 bits per heavy atom. The van der Waals surface area contributed by atoms with E-state index in [0.717, 1.165) is 11.1 Å². The van der Waals surface area contributed by atoms with Gasteiger partial charge in [0.25, 0.3) is 5.91 Å². The van der Waals surface area contributed by atoms with Crippen molar-refractivity contribution >= 4 is 27.5 Å². The summed E-state index contributed by atoms with van der Waals surface area (Å²) in [6, 6.07) is 12.1. The smallest absolute Gasteiger partial charge is 0.258 e. The van der Waals surface area contributed by atoms with Gasteiger partial charge in [-0.25, -0.2) is 8.42 Å². The molecule has 0 bridgehead atoms. The zero-order valence-corrected chi connectivity index (χ0v) is 17.6. The maximum absolute atomic E-state index is 12.7. The van der Waals surface area contributed by atoms with Crippen molar-refractivity contribution in [3.63, 3.8) is 0 Å². The van der Waals surface area contributed by atoms with E-state index >= 15 is 0 Å². The Morgan fingerprint density at radius 3 is 2.66 bits per heavy atom. The molecule has 3 rings (SSSR count). The molecule has 1 amide bonds. The number of morpholine rings is 1. The SMILES string of the molecule is Cc1cccc(CNC(=O)COc2ccc(S(=O)(=O)N3CCOCC3)cc2Cl)c1. The molecular weight excluding hydrogens is 416 g/mol. The fraction of sp³-hybridized carbons (Fsp3) is 0.350. The Labute approximate surface area is 175 Å². The summed E-state index contributed by atoms with van der Waals surface area (Å²) in [7, 11) is -3.64. The van der Waals surface area contributed by atoms with Gasteiger partial charge in [-0.05, 0) is 30.7 Å². The van der Waals surface area contributed by atoms with Gasteiger partial charge in [0.1, 0.15) is 5.75 Å². The fourth-order valence-electron chi connectivity index (χ4n) is 2.91. The minimum atomic E-state index is -3.64. The highest BCUT2D eigenvalue weighted by Crippen LogP contribution is 2.29. The molecule has 0 atom stereocenters. The van der Waals surface area contributed by atoms with Gasteiger partial charge in [-0.1, -0.05) is 41.4 Å². The summed E-state index contributed by atoms with van der Waals surface area (Å²) >= 11 is 6.18. The number of halogens is 1. The number of carbonyl (C=O) groups excluding carboxylic acids is 1. The van der Waals surface area contributed by atoms with Crippen LogP contribution in [0.3, 0.4) is 0 Å². The normalized spacial score (nSPS) is 15.1. The number of hydrogen-bond acceptors (Lipinski definition) is 5. The number of rotatable bonds is 7. The number of nitrogens with one attached hydrogen (secondary N) is 1. The highest BCUT2D eigenvalue weighted by molar-refractivity contribution is 7.89. The van der Waals surface area contributed by atoms with Gasteiger partial charge in [0.15, 0.2) is 6.61 Å². The van der Waals surface area contributed by atoms with Gasteiger partial charge in [-0.3, -0.25) is 4.79 Å². The molecule has 9 heteroatoms. The van der Waals surface area contributed by atoms with Gasteiger partial charge >= 0.3 is 0 Å². The lowest BCUT2D eigenvalue weighted by molar-refractivity contribution is -0.123. The van der Waals surface area contributed by atoms with Gasteiger partial charge in [0.2, 0.25) is 10.0 Å². The highest BCUT2D eigenvalue weighted by atomic mass is 35.5. The van der Waals surface area contributed by atoms with Crippen LogP contribution in [0.1, 0.15) is 11.1 Å². The zero-order chi connectivity index (χ0) is 20.9. The zero-order valence-electron chi connectivity index (χ0n) is 16.1. The number of carbonyl (C=O) groups is 1. The summed E-state index contributed by atoms with van der Waals surface area (Å²) in [5, 5.41) is 2.90. The van der Waals surface area contributed by atoms with E-state index in [1.54, 1.807) is 0 Å². The largest absolute Gasteiger partial charge is 0.482 e. The van der Waals surface area contributed by atoms with Crippen LogP contribution in [0.25, 0.3) is 0 Å². The van der Waals surface area contributed by atoms with E-state index in [4.69, 9.17) is 21.1 Å². The first-order chi connectivity index (χ1) is 13.9. The molecular formula is C20H23ClN2O5S. The lowest BCUT2D eigenvalue weighted by Crippen LogP contribution is -2.40. The first kappa shape index (κ1) is 21.6. The van der Waals surface area contributed by atoms with E-state index in [2.05, 4.69) is 5.32 Å². The van der Waals surface area contributed by atoms with E-state index in [-0.39, 0.29) is 28.2 Å². The molecule has 0 unspecified atom stereocenters. The Bertz CT molecular complexity index is 975.